The Kier molecular flexibility index (Phi) is 3.31. The Balaban J connectivity index is 1.93. The van der Waals surface area contributed by atoms with Crippen molar-refractivity contribution in [3.05, 3.63) is 59.4 Å². The molecule has 1 aliphatic heterocycles. The standard InChI is InChI=1S/C16H15N3O2/c1-10(11-4-6-13(20)7-5-11)15-14(16(21)19-18-15)9-12-3-2-8-17-12/h2-10,17,20H,1H3,(H,19,21)/b14-9+. The van der Waals surface area contributed by atoms with Gasteiger partial charge in [-0.15, -0.1) is 0 Å². The first kappa shape index (κ1) is 13.2. The number of rotatable bonds is 3. The van der Waals surface area contributed by atoms with Crippen molar-refractivity contribution in [3.8, 4) is 5.75 Å². The van der Waals surface area contributed by atoms with Gasteiger partial charge in [-0.05, 0) is 35.9 Å². The van der Waals surface area contributed by atoms with Gasteiger partial charge in [-0.2, -0.15) is 5.10 Å². The van der Waals surface area contributed by atoms with Crippen LogP contribution in [-0.4, -0.2) is 21.7 Å². The summed E-state index contributed by atoms with van der Waals surface area (Å²) < 4.78 is 0. The second-order valence-electron chi connectivity index (χ2n) is 4.93. The Morgan fingerprint density at radius 3 is 2.67 bits per heavy atom. The molecule has 0 bridgehead atoms. The highest BCUT2D eigenvalue weighted by molar-refractivity contribution is 6.29. The van der Waals surface area contributed by atoms with E-state index in [1.807, 2.05) is 31.2 Å². The lowest BCUT2D eigenvalue weighted by atomic mass is 9.91. The van der Waals surface area contributed by atoms with E-state index in [-0.39, 0.29) is 17.6 Å². The first-order valence-electron chi connectivity index (χ1n) is 6.67. The van der Waals surface area contributed by atoms with Gasteiger partial charge in [0.15, 0.2) is 0 Å². The summed E-state index contributed by atoms with van der Waals surface area (Å²) in [7, 11) is 0. The van der Waals surface area contributed by atoms with Crippen LogP contribution in [0.3, 0.4) is 0 Å². The van der Waals surface area contributed by atoms with E-state index in [1.165, 1.54) is 0 Å². The number of hydrogen-bond donors (Lipinski definition) is 3. The summed E-state index contributed by atoms with van der Waals surface area (Å²) >= 11 is 0. The van der Waals surface area contributed by atoms with E-state index in [1.54, 1.807) is 24.4 Å². The average molecular weight is 281 g/mol. The molecule has 106 valence electrons. The number of aromatic hydroxyl groups is 1. The molecule has 1 unspecified atom stereocenters. The lowest BCUT2D eigenvalue weighted by Crippen LogP contribution is -2.15. The van der Waals surface area contributed by atoms with Crippen molar-refractivity contribution in [1.29, 1.82) is 0 Å². The molecule has 2 heterocycles. The van der Waals surface area contributed by atoms with Gasteiger partial charge in [-0.1, -0.05) is 19.1 Å². The molecular formula is C16H15N3O2. The molecule has 0 aliphatic carbocycles. The lowest BCUT2D eigenvalue weighted by Gasteiger charge is -2.12. The number of hydrazone groups is 1. The number of amides is 1. The van der Waals surface area contributed by atoms with Gasteiger partial charge in [0.25, 0.3) is 5.91 Å². The molecule has 21 heavy (non-hydrogen) atoms. The maximum atomic E-state index is 12.0. The molecule has 0 fully saturated rings. The van der Waals surface area contributed by atoms with Crippen molar-refractivity contribution < 1.29 is 9.90 Å². The van der Waals surface area contributed by atoms with Crippen molar-refractivity contribution in [2.24, 2.45) is 5.10 Å². The molecule has 0 spiro atoms. The topological polar surface area (TPSA) is 77.5 Å². The number of benzene rings is 1. The summed E-state index contributed by atoms with van der Waals surface area (Å²) in [6, 6.07) is 10.7. The van der Waals surface area contributed by atoms with Crippen LogP contribution in [0.4, 0.5) is 0 Å². The van der Waals surface area contributed by atoms with Crippen molar-refractivity contribution in [1.82, 2.24) is 10.4 Å². The van der Waals surface area contributed by atoms with E-state index in [0.29, 0.717) is 11.3 Å². The number of aromatic nitrogens is 1. The van der Waals surface area contributed by atoms with Crippen molar-refractivity contribution >= 4 is 17.7 Å². The van der Waals surface area contributed by atoms with Gasteiger partial charge >= 0.3 is 0 Å². The summed E-state index contributed by atoms with van der Waals surface area (Å²) in [5.74, 6) is -0.0355. The number of carbonyl (C=O) groups is 1. The number of nitrogens with zero attached hydrogens (tertiary/aromatic N) is 1. The third kappa shape index (κ3) is 2.58. The van der Waals surface area contributed by atoms with Gasteiger partial charge in [0.2, 0.25) is 0 Å². The molecule has 3 N–H and O–H groups in total. The summed E-state index contributed by atoms with van der Waals surface area (Å²) in [5.41, 5.74) is 5.60. The molecule has 0 saturated carbocycles. The quantitative estimate of drug-likeness (QED) is 0.755. The SMILES string of the molecule is CC(C1=NNC(=O)/C1=C/c1ccc[nH]1)c1ccc(O)cc1. The summed E-state index contributed by atoms with van der Waals surface area (Å²) in [6.07, 6.45) is 3.59. The zero-order valence-corrected chi connectivity index (χ0v) is 11.5. The van der Waals surface area contributed by atoms with E-state index >= 15 is 0 Å². The van der Waals surface area contributed by atoms with Gasteiger partial charge in [0.05, 0.1) is 11.3 Å². The number of phenolic OH excluding ortho intramolecular Hbond substituents is 1. The van der Waals surface area contributed by atoms with E-state index in [2.05, 4.69) is 15.5 Å². The normalized spacial score (nSPS) is 17.7. The fraction of sp³-hybridized carbons (Fsp3) is 0.125. The maximum Gasteiger partial charge on any atom is 0.273 e. The Bertz CT molecular complexity index is 712. The highest BCUT2D eigenvalue weighted by Gasteiger charge is 2.27. The molecule has 5 heteroatoms. The van der Waals surface area contributed by atoms with Crippen LogP contribution in [-0.2, 0) is 4.79 Å². The average Bonchev–Trinajstić information content (AvgIpc) is 3.11. The van der Waals surface area contributed by atoms with Crippen molar-refractivity contribution in [3.63, 3.8) is 0 Å². The minimum Gasteiger partial charge on any atom is -0.508 e. The van der Waals surface area contributed by atoms with Crippen molar-refractivity contribution in [2.45, 2.75) is 12.8 Å². The molecule has 1 aromatic carbocycles. The predicted molar refractivity (Wildman–Crippen MR) is 80.9 cm³/mol. The van der Waals surface area contributed by atoms with Gasteiger partial charge in [-0.3, -0.25) is 4.79 Å². The minimum absolute atomic E-state index is 0.0502. The van der Waals surface area contributed by atoms with Crippen LogP contribution in [0.25, 0.3) is 6.08 Å². The summed E-state index contributed by atoms with van der Waals surface area (Å²) in [5, 5.41) is 13.5. The van der Waals surface area contributed by atoms with Crippen molar-refractivity contribution in [2.75, 3.05) is 0 Å². The Morgan fingerprint density at radius 2 is 2.00 bits per heavy atom. The third-order valence-electron chi connectivity index (χ3n) is 3.52. The fourth-order valence-corrected chi connectivity index (χ4v) is 2.33. The van der Waals surface area contributed by atoms with Gasteiger partial charge < -0.3 is 10.1 Å². The molecule has 1 amide bonds. The van der Waals surface area contributed by atoms with Crippen LogP contribution >= 0.6 is 0 Å². The van der Waals surface area contributed by atoms with Gasteiger partial charge in [0.1, 0.15) is 5.75 Å². The monoisotopic (exact) mass is 281 g/mol. The maximum absolute atomic E-state index is 12.0. The lowest BCUT2D eigenvalue weighted by molar-refractivity contribution is -0.116. The van der Waals surface area contributed by atoms with E-state index in [9.17, 15) is 9.90 Å². The second kappa shape index (κ2) is 5.28. The summed E-state index contributed by atoms with van der Waals surface area (Å²) in [4.78, 5) is 15.0. The first-order chi connectivity index (χ1) is 10.1. The number of H-pyrrole nitrogens is 1. The number of phenols is 1. The zero-order chi connectivity index (χ0) is 14.8. The molecule has 0 saturated heterocycles. The van der Waals surface area contributed by atoms with Crippen LogP contribution in [0, 0.1) is 0 Å². The highest BCUT2D eigenvalue weighted by Crippen LogP contribution is 2.26. The number of nitrogens with one attached hydrogen (secondary N) is 2. The Labute approximate surface area is 122 Å². The molecule has 1 aliphatic rings. The number of aromatic amines is 1. The molecule has 5 nitrogen and oxygen atoms in total. The smallest absolute Gasteiger partial charge is 0.273 e. The van der Waals surface area contributed by atoms with Crippen LogP contribution in [0.15, 0.2) is 53.3 Å². The third-order valence-corrected chi connectivity index (χ3v) is 3.52. The Morgan fingerprint density at radius 1 is 1.24 bits per heavy atom. The predicted octanol–water partition coefficient (Wildman–Crippen LogP) is 2.39. The second-order valence-corrected chi connectivity index (χ2v) is 4.93. The van der Waals surface area contributed by atoms with Crippen LogP contribution in [0.2, 0.25) is 0 Å². The highest BCUT2D eigenvalue weighted by atomic mass is 16.3. The van der Waals surface area contributed by atoms with E-state index in [0.717, 1.165) is 11.3 Å². The van der Waals surface area contributed by atoms with Gasteiger partial charge in [0, 0.05) is 17.8 Å². The molecular weight excluding hydrogens is 266 g/mol. The molecule has 3 rings (SSSR count). The van der Waals surface area contributed by atoms with Crippen LogP contribution < -0.4 is 5.43 Å². The first-order valence-corrected chi connectivity index (χ1v) is 6.67. The molecule has 1 atom stereocenters. The molecule has 0 radical (unpaired) electrons. The van der Waals surface area contributed by atoms with Gasteiger partial charge in [-0.25, -0.2) is 5.43 Å². The molecule has 1 aromatic heterocycles. The van der Waals surface area contributed by atoms with Crippen LogP contribution in [0.1, 0.15) is 24.1 Å². The van der Waals surface area contributed by atoms with E-state index < -0.39 is 0 Å². The largest absolute Gasteiger partial charge is 0.508 e. The van der Waals surface area contributed by atoms with Crippen LogP contribution in [0.5, 0.6) is 5.75 Å². The summed E-state index contributed by atoms with van der Waals surface area (Å²) in [6.45, 7) is 1.98. The number of hydrogen-bond acceptors (Lipinski definition) is 3. The number of carbonyl (C=O) groups excluding carboxylic acids is 1. The fourth-order valence-electron chi connectivity index (χ4n) is 2.33. The molecule has 2 aromatic rings. The zero-order valence-electron chi connectivity index (χ0n) is 11.5. The minimum atomic E-state index is -0.203. The van der Waals surface area contributed by atoms with E-state index in [4.69, 9.17) is 0 Å². The Hall–Kier alpha value is -2.82.